The van der Waals surface area contributed by atoms with Crippen LogP contribution < -0.4 is 5.73 Å². The standard InChI is InChI=1S/C9H9FN2.C3H8/c1-5-7-4-6(10)2-3-8(7)12-9(5)11;1-3-2/h2-4,12H,11H2,1H3;3H2,1-2H3. The third-order valence-electron chi connectivity index (χ3n) is 2.06. The molecule has 2 rings (SSSR count). The number of fused-ring (bicyclic) bond motifs is 1. The summed E-state index contributed by atoms with van der Waals surface area (Å²) in [5, 5.41) is 0.854. The molecule has 0 aliphatic heterocycles. The van der Waals surface area contributed by atoms with Gasteiger partial charge in [-0.3, -0.25) is 0 Å². The Hall–Kier alpha value is -1.51. The molecular formula is C12H17FN2. The van der Waals surface area contributed by atoms with Crippen LogP contribution >= 0.6 is 0 Å². The minimum atomic E-state index is -0.232. The van der Waals surface area contributed by atoms with E-state index >= 15 is 0 Å². The van der Waals surface area contributed by atoms with Crippen molar-refractivity contribution in [2.75, 3.05) is 5.73 Å². The lowest BCUT2D eigenvalue weighted by atomic mass is 10.2. The Labute approximate surface area is 89.3 Å². The summed E-state index contributed by atoms with van der Waals surface area (Å²) in [4.78, 5) is 2.97. The molecule has 0 spiro atoms. The Morgan fingerprint density at radius 3 is 2.53 bits per heavy atom. The van der Waals surface area contributed by atoms with E-state index < -0.39 is 0 Å². The van der Waals surface area contributed by atoms with Crippen molar-refractivity contribution >= 4 is 16.7 Å². The first-order valence-corrected chi connectivity index (χ1v) is 5.13. The summed E-state index contributed by atoms with van der Waals surface area (Å²) in [5.41, 5.74) is 7.41. The van der Waals surface area contributed by atoms with E-state index in [4.69, 9.17) is 5.73 Å². The fraction of sp³-hybridized carbons (Fsp3) is 0.333. The average Bonchev–Trinajstić information content (AvgIpc) is 2.46. The third-order valence-corrected chi connectivity index (χ3v) is 2.06. The number of rotatable bonds is 0. The molecule has 0 amide bonds. The van der Waals surface area contributed by atoms with Crippen LogP contribution in [0.3, 0.4) is 0 Å². The highest BCUT2D eigenvalue weighted by molar-refractivity contribution is 5.87. The number of halogens is 1. The molecule has 15 heavy (non-hydrogen) atoms. The molecule has 0 atom stereocenters. The topological polar surface area (TPSA) is 41.8 Å². The van der Waals surface area contributed by atoms with Crippen LogP contribution in [0.2, 0.25) is 0 Å². The fourth-order valence-electron chi connectivity index (χ4n) is 1.32. The molecule has 3 N–H and O–H groups in total. The number of aryl methyl sites for hydroxylation is 1. The SMILES string of the molecule is CCC.Cc1c(N)[nH]c2ccc(F)cc12. The number of hydrogen-bond donors (Lipinski definition) is 2. The zero-order valence-corrected chi connectivity index (χ0v) is 9.39. The van der Waals surface area contributed by atoms with Crippen LogP contribution in [0, 0.1) is 12.7 Å². The number of aromatic amines is 1. The largest absolute Gasteiger partial charge is 0.385 e. The van der Waals surface area contributed by atoms with Crippen molar-refractivity contribution in [3.8, 4) is 0 Å². The maximum Gasteiger partial charge on any atom is 0.123 e. The van der Waals surface area contributed by atoms with Crippen LogP contribution in [0.15, 0.2) is 18.2 Å². The monoisotopic (exact) mass is 208 g/mol. The summed E-state index contributed by atoms with van der Waals surface area (Å²) >= 11 is 0. The molecule has 0 unspecified atom stereocenters. The number of hydrogen-bond acceptors (Lipinski definition) is 1. The van der Waals surface area contributed by atoms with Gasteiger partial charge in [0.1, 0.15) is 11.6 Å². The Kier molecular flexibility index (Phi) is 3.72. The number of anilines is 1. The van der Waals surface area contributed by atoms with Crippen LogP contribution in [0.5, 0.6) is 0 Å². The quantitative estimate of drug-likeness (QED) is 0.682. The van der Waals surface area contributed by atoms with Crippen molar-refractivity contribution < 1.29 is 4.39 Å². The van der Waals surface area contributed by atoms with Gasteiger partial charge < -0.3 is 10.7 Å². The van der Waals surface area contributed by atoms with Gasteiger partial charge in [-0.25, -0.2) is 4.39 Å². The number of nitrogens with one attached hydrogen (secondary N) is 1. The van der Waals surface area contributed by atoms with Crippen molar-refractivity contribution in [3.05, 3.63) is 29.6 Å². The Bertz CT molecular complexity index is 446. The van der Waals surface area contributed by atoms with E-state index in [0.29, 0.717) is 5.82 Å². The molecule has 3 heteroatoms. The summed E-state index contributed by atoms with van der Waals surface area (Å²) in [6, 6.07) is 4.59. The van der Waals surface area contributed by atoms with Crippen LogP contribution in [0.4, 0.5) is 10.2 Å². The predicted octanol–water partition coefficient (Wildman–Crippen LogP) is 3.61. The lowest BCUT2D eigenvalue weighted by Crippen LogP contribution is -1.84. The fourth-order valence-corrected chi connectivity index (χ4v) is 1.32. The minimum Gasteiger partial charge on any atom is -0.385 e. The molecule has 0 saturated carbocycles. The zero-order valence-electron chi connectivity index (χ0n) is 9.39. The molecule has 1 aromatic heterocycles. The molecule has 0 aliphatic rings. The second-order valence-corrected chi connectivity index (χ2v) is 3.56. The summed E-state index contributed by atoms with van der Waals surface area (Å²) in [6.45, 7) is 6.12. The van der Waals surface area contributed by atoms with E-state index in [2.05, 4.69) is 18.8 Å². The Morgan fingerprint density at radius 1 is 1.33 bits per heavy atom. The first-order valence-electron chi connectivity index (χ1n) is 5.13. The highest BCUT2D eigenvalue weighted by Crippen LogP contribution is 2.23. The number of H-pyrrole nitrogens is 1. The van der Waals surface area contributed by atoms with Crippen molar-refractivity contribution in [2.45, 2.75) is 27.2 Å². The van der Waals surface area contributed by atoms with Crippen LogP contribution in [0.25, 0.3) is 10.9 Å². The van der Waals surface area contributed by atoms with Crippen molar-refractivity contribution in [3.63, 3.8) is 0 Å². The van der Waals surface area contributed by atoms with Gasteiger partial charge in [0.25, 0.3) is 0 Å². The third kappa shape index (κ3) is 2.49. The van der Waals surface area contributed by atoms with Gasteiger partial charge in [-0.2, -0.15) is 0 Å². The number of nitrogens with two attached hydrogens (primary N) is 1. The highest BCUT2D eigenvalue weighted by atomic mass is 19.1. The lowest BCUT2D eigenvalue weighted by Gasteiger charge is -1.90. The molecule has 0 bridgehead atoms. The molecule has 2 aromatic rings. The summed E-state index contributed by atoms with van der Waals surface area (Å²) in [5.74, 6) is 0.375. The first kappa shape index (κ1) is 11.6. The maximum atomic E-state index is 12.8. The number of aromatic nitrogens is 1. The predicted molar refractivity (Wildman–Crippen MR) is 63.4 cm³/mol. The van der Waals surface area contributed by atoms with E-state index in [0.717, 1.165) is 16.5 Å². The van der Waals surface area contributed by atoms with Gasteiger partial charge in [-0.05, 0) is 30.7 Å². The molecule has 1 aromatic carbocycles. The summed E-state index contributed by atoms with van der Waals surface area (Å²) < 4.78 is 12.8. The molecule has 82 valence electrons. The van der Waals surface area contributed by atoms with E-state index in [1.807, 2.05) is 6.92 Å². The second-order valence-electron chi connectivity index (χ2n) is 3.56. The molecule has 0 radical (unpaired) electrons. The molecule has 0 fully saturated rings. The molecular weight excluding hydrogens is 191 g/mol. The summed E-state index contributed by atoms with van der Waals surface area (Å²) in [6.07, 6.45) is 1.25. The van der Waals surface area contributed by atoms with E-state index in [9.17, 15) is 4.39 Å². The zero-order chi connectivity index (χ0) is 11.4. The smallest absolute Gasteiger partial charge is 0.123 e. The van der Waals surface area contributed by atoms with Crippen LogP contribution in [0.1, 0.15) is 25.8 Å². The van der Waals surface area contributed by atoms with Gasteiger partial charge in [0.2, 0.25) is 0 Å². The number of nitrogen functional groups attached to an aromatic ring is 1. The van der Waals surface area contributed by atoms with Crippen LogP contribution in [-0.2, 0) is 0 Å². The van der Waals surface area contributed by atoms with E-state index in [1.54, 1.807) is 6.07 Å². The molecule has 2 nitrogen and oxygen atoms in total. The van der Waals surface area contributed by atoms with Gasteiger partial charge in [-0.1, -0.05) is 20.3 Å². The van der Waals surface area contributed by atoms with Gasteiger partial charge in [-0.15, -0.1) is 0 Å². The van der Waals surface area contributed by atoms with Gasteiger partial charge in [0.05, 0.1) is 0 Å². The lowest BCUT2D eigenvalue weighted by molar-refractivity contribution is 0.629. The normalized spacial score (nSPS) is 9.87. The van der Waals surface area contributed by atoms with Gasteiger partial charge >= 0.3 is 0 Å². The molecule has 0 aliphatic carbocycles. The maximum absolute atomic E-state index is 12.8. The molecule has 1 heterocycles. The second kappa shape index (κ2) is 4.82. The highest BCUT2D eigenvalue weighted by Gasteiger charge is 2.04. The van der Waals surface area contributed by atoms with Crippen molar-refractivity contribution in [1.29, 1.82) is 0 Å². The van der Waals surface area contributed by atoms with Crippen molar-refractivity contribution in [2.24, 2.45) is 0 Å². The van der Waals surface area contributed by atoms with Gasteiger partial charge in [0.15, 0.2) is 0 Å². The average molecular weight is 208 g/mol. The van der Waals surface area contributed by atoms with Crippen LogP contribution in [-0.4, -0.2) is 4.98 Å². The van der Waals surface area contributed by atoms with Crippen molar-refractivity contribution in [1.82, 2.24) is 4.98 Å². The number of benzene rings is 1. The van der Waals surface area contributed by atoms with Gasteiger partial charge in [0, 0.05) is 10.9 Å². The van der Waals surface area contributed by atoms with E-state index in [-0.39, 0.29) is 5.82 Å². The minimum absolute atomic E-state index is 0.232. The molecule has 0 saturated heterocycles. The summed E-state index contributed by atoms with van der Waals surface area (Å²) in [7, 11) is 0. The Morgan fingerprint density at radius 2 is 1.93 bits per heavy atom. The first-order chi connectivity index (χ1) is 7.10. The Balaban J connectivity index is 0.000000337. The van der Waals surface area contributed by atoms with E-state index in [1.165, 1.54) is 18.6 Å².